The standard InChI is InChI=1S/C29H27F2N2O3S/c30-23-5-1-3-20(13-23)29(21-4-2-6-24(31)14-21)36-28(35)15-22-17-33(11-9-19(22)10-12-33)18-26(34)27-8-7-25(16-32)37-27/h1-8,13-14,19,22,29H,9-12,15,17-18H2/q+1/t19?,22-,33?/m0/s1. The Morgan fingerprint density at radius 3 is 2.24 bits per heavy atom. The zero-order valence-corrected chi connectivity index (χ0v) is 21.1. The Bertz CT molecular complexity index is 1310. The van der Waals surface area contributed by atoms with Crippen molar-refractivity contribution < 1.29 is 27.6 Å². The fourth-order valence-corrected chi connectivity index (χ4v) is 6.61. The molecular weight excluding hydrogens is 494 g/mol. The summed E-state index contributed by atoms with van der Waals surface area (Å²) in [6.07, 6.45) is 1.16. The average molecular weight is 522 g/mol. The summed E-state index contributed by atoms with van der Waals surface area (Å²) >= 11 is 1.22. The van der Waals surface area contributed by atoms with Gasteiger partial charge in [0.25, 0.3) is 0 Å². The Balaban J connectivity index is 1.29. The van der Waals surface area contributed by atoms with Crippen LogP contribution in [0.5, 0.6) is 0 Å². The van der Waals surface area contributed by atoms with Crippen LogP contribution in [0.25, 0.3) is 0 Å². The van der Waals surface area contributed by atoms with E-state index < -0.39 is 23.7 Å². The van der Waals surface area contributed by atoms with Gasteiger partial charge < -0.3 is 9.22 Å². The van der Waals surface area contributed by atoms with Crippen LogP contribution in [0.15, 0.2) is 60.7 Å². The third-order valence-corrected chi connectivity index (χ3v) is 8.72. The summed E-state index contributed by atoms with van der Waals surface area (Å²) in [5.74, 6) is -0.853. The van der Waals surface area contributed by atoms with Crippen LogP contribution in [0.1, 0.15) is 51.0 Å². The van der Waals surface area contributed by atoms with Crippen molar-refractivity contribution >= 4 is 23.1 Å². The second-order valence-corrected chi connectivity index (χ2v) is 11.2. The highest BCUT2D eigenvalue weighted by molar-refractivity contribution is 7.14. The maximum absolute atomic E-state index is 14.0. The third kappa shape index (κ3) is 5.63. The lowest BCUT2D eigenvalue weighted by Crippen LogP contribution is -2.63. The van der Waals surface area contributed by atoms with Gasteiger partial charge in [0.1, 0.15) is 29.1 Å². The van der Waals surface area contributed by atoms with Gasteiger partial charge in [-0.3, -0.25) is 9.59 Å². The number of hydrogen-bond donors (Lipinski definition) is 0. The summed E-state index contributed by atoms with van der Waals surface area (Å²) in [5.41, 5.74) is 0.879. The van der Waals surface area contributed by atoms with Crippen molar-refractivity contribution in [2.75, 3.05) is 26.2 Å². The number of nitrogens with zero attached hydrogens (tertiary/aromatic N) is 2. The van der Waals surface area contributed by atoms with Gasteiger partial charge in [0.15, 0.2) is 6.10 Å². The van der Waals surface area contributed by atoms with Crippen LogP contribution in [0, 0.1) is 34.8 Å². The van der Waals surface area contributed by atoms with Crippen LogP contribution in [0.4, 0.5) is 8.78 Å². The lowest BCUT2D eigenvalue weighted by atomic mass is 9.75. The number of halogens is 2. The molecule has 0 unspecified atom stereocenters. The molecule has 6 rings (SSSR count). The van der Waals surface area contributed by atoms with Crippen molar-refractivity contribution in [2.24, 2.45) is 11.8 Å². The summed E-state index contributed by atoms with van der Waals surface area (Å²) in [7, 11) is 0. The fourth-order valence-electron chi connectivity index (χ4n) is 5.88. The number of fused-ring (bicyclic) bond motifs is 3. The first-order valence-electron chi connectivity index (χ1n) is 12.4. The number of thiophene rings is 1. The molecule has 1 atom stereocenters. The number of rotatable bonds is 8. The van der Waals surface area contributed by atoms with Crippen LogP contribution >= 0.6 is 11.3 Å². The maximum atomic E-state index is 14.0. The van der Waals surface area contributed by atoms with Crippen molar-refractivity contribution in [3.05, 3.63) is 93.2 Å². The Labute approximate surface area is 218 Å². The van der Waals surface area contributed by atoms with Gasteiger partial charge in [0, 0.05) is 18.8 Å². The molecule has 0 aliphatic carbocycles. The highest BCUT2D eigenvalue weighted by Gasteiger charge is 2.47. The summed E-state index contributed by atoms with van der Waals surface area (Å²) < 4.78 is 34.4. The number of esters is 1. The number of ether oxygens (including phenoxy) is 1. The van der Waals surface area contributed by atoms with Crippen molar-refractivity contribution in [3.8, 4) is 6.07 Å². The van der Waals surface area contributed by atoms with Gasteiger partial charge in [-0.25, -0.2) is 8.78 Å². The molecule has 1 aromatic heterocycles. The van der Waals surface area contributed by atoms with Crippen molar-refractivity contribution in [1.29, 1.82) is 5.26 Å². The van der Waals surface area contributed by atoms with Gasteiger partial charge in [-0.15, -0.1) is 11.3 Å². The van der Waals surface area contributed by atoms with Gasteiger partial charge >= 0.3 is 5.97 Å². The molecule has 0 saturated carbocycles. The lowest BCUT2D eigenvalue weighted by molar-refractivity contribution is -0.939. The van der Waals surface area contributed by atoms with E-state index in [0.29, 0.717) is 44.4 Å². The quantitative estimate of drug-likeness (QED) is 0.218. The zero-order chi connectivity index (χ0) is 26.0. The molecule has 8 heteroatoms. The Morgan fingerprint density at radius 1 is 1.03 bits per heavy atom. The van der Waals surface area contributed by atoms with Gasteiger partial charge in [0.2, 0.25) is 5.78 Å². The number of benzene rings is 2. The van der Waals surface area contributed by atoms with Gasteiger partial charge in [0.05, 0.1) is 30.9 Å². The molecule has 3 aliphatic heterocycles. The number of carbonyl (C=O) groups excluding carboxylic acids is 2. The van der Waals surface area contributed by atoms with Crippen molar-refractivity contribution in [2.45, 2.75) is 25.4 Å². The number of piperidine rings is 3. The SMILES string of the molecule is N#Cc1ccc(C(=O)C[N+]23CCC(CC2)[C@@H](CC(=O)OC(c2cccc(F)c2)c2cccc(F)c2)C3)s1. The number of Topliss-reactive ketones (excluding diaryl/α,β-unsaturated/α-hetero) is 1. The van der Waals surface area contributed by atoms with Gasteiger partial charge in [-0.1, -0.05) is 24.3 Å². The van der Waals surface area contributed by atoms with E-state index in [-0.39, 0.29) is 18.1 Å². The highest BCUT2D eigenvalue weighted by atomic mass is 32.1. The molecule has 2 bridgehead atoms. The van der Waals surface area contributed by atoms with E-state index in [1.165, 1.54) is 47.7 Å². The van der Waals surface area contributed by atoms with Crippen molar-refractivity contribution in [3.63, 3.8) is 0 Å². The molecule has 37 heavy (non-hydrogen) atoms. The number of nitriles is 1. The maximum Gasteiger partial charge on any atom is 0.307 e. The number of quaternary nitrogens is 1. The molecule has 0 N–H and O–H groups in total. The summed E-state index contributed by atoms with van der Waals surface area (Å²) in [5, 5.41) is 9.08. The van der Waals surface area contributed by atoms with E-state index in [1.54, 1.807) is 24.3 Å². The Morgan fingerprint density at radius 2 is 1.68 bits per heavy atom. The monoisotopic (exact) mass is 521 g/mol. The predicted molar refractivity (Wildman–Crippen MR) is 135 cm³/mol. The first-order chi connectivity index (χ1) is 17.8. The Kier molecular flexibility index (Phi) is 7.18. The molecule has 4 heterocycles. The number of ketones is 1. The average Bonchev–Trinajstić information content (AvgIpc) is 3.37. The molecule has 3 aromatic rings. The predicted octanol–water partition coefficient (Wildman–Crippen LogP) is 5.66. The molecule has 0 radical (unpaired) electrons. The first kappa shape index (κ1) is 25.2. The van der Waals surface area contributed by atoms with Gasteiger partial charge in [-0.2, -0.15) is 5.26 Å². The summed E-state index contributed by atoms with van der Waals surface area (Å²) in [4.78, 5) is 27.3. The smallest absolute Gasteiger partial charge is 0.307 e. The molecule has 0 amide bonds. The van der Waals surface area contributed by atoms with Crippen LogP contribution < -0.4 is 0 Å². The lowest BCUT2D eigenvalue weighted by Gasteiger charge is -2.52. The van der Waals surface area contributed by atoms with Crippen LogP contribution in [-0.4, -0.2) is 42.4 Å². The molecule has 3 saturated heterocycles. The molecule has 190 valence electrons. The second-order valence-electron chi connectivity index (χ2n) is 10.1. The van der Waals surface area contributed by atoms with E-state index in [0.717, 1.165) is 25.9 Å². The minimum Gasteiger partial charge on any atom is -0.453 e. The van der Waals surface area contributed by atoms with Gasteiger partial charge in [-0.05, 0) is 53.4 Å². The Hall–Kier alpha value is -3.41. The van der Waals surface area contributed by atoms with Crippen LogP contribution in [0.2, 0.25) is 0 Å². The minimum atomic E-state index is -0.919. The van der Waals surface area contributed by atoms with E-state index in [4.69, 9.17) is 10.00 Å². The molecular formula is C29H27F2N2O3S+. The van der Waals surface area contributed by atoms with E-state index in [1.807, 2.05) is 0 Å². The zero-order valence-electron chi connectivity index (χ0n) is 20.2. The largest absolute Gasteiger partial charge is 0.453 e. The van der Waals surface area contributed by atoms with E-state index in [2.05, 4.69) is 6.07 Å². The molecule has 3 fully saturated rings. The highest BCUT2D eigenvalue weighted by Crippen LogP contribution is 2.40. The topological polar surface area (TPSA) is 67.2 Å². The van der Waals surface area contributed by atoms with Crippen LogP contribution in [0.3, 0.4) is 0 Å². The van der Waals surface area contributed by atoms with E-state index >= 15 is 0 Å². The molecule has 2 aromatic carbocycles. The minimum absolute atomic E-state index is 0.0328. The fraction of sp³-hybridized carbons (Fsp3) is 0.345. The molecule has 3 aliphatic rings. The molecule has 0 spiro atoms. The van der Waals surface area contributed by atoms with E-state index in [9.17, 15) is 18.4 Å². The summed E-state index contributed by atoms with van der Waals surface area (Å²) in [6, 6.07) is 17.1. The number of carbonyl (C=O) groups is 2. The normalized spacial score (nSPS) is 22.5. The second kappa shape index (κ2) is 10.5. The van der Waals surface area contributed by atoms with Crippen LogP contribution in [-0.2, 0) is 9.53 Å². The first-order valence-corrected chi connectivity index (χ1v) is 13.2. The van der Waals surface area contributed by atoms with Crippen molar-refractivity contribution in [1.82, 2.24) is 0 Å². The molecule has 5 nitrogen and oxygen atoms in total. The summed E-state index contributed by atoms with van der Waals surface area (Å²) in [6.45, 7) is 2.87. The number of hydrogen-bond acceptors (Lipinski definition) is 5. The third-order valence-electron chi connectivity index (χ3n) is 7.69.